The number of nitrogens with zero attached hydrogens (tertiary/aromatic N) is 1. The Labute approximate surface area is 114 Å². The van der Waals surface area contributed by atoms with Gasteiger partial charge in [-0.15, -0.1) is 0 Å². The molecule has 2 aromatic heterocycles. The molecule has 0 fully saturated rings. The lowest BCUT2D eigenvalue weighted by atomic mass is 9.76. The van der Waals surface area contributed by atoms with Crippen LogP contribution < -0.4 is 5.46 Å². The van der Waals surface area contributed by atoms with Crippen molar-refractivity contribution in [3.05, 3.63) is 48.7 Å². The van der Waals surface area contributed by atoms with Gasteiger partial charge in [-0.3, -0.25) is 0 Å². The summed E-state index contributed by atoms with van der Waals surface area (Å²) >= 11 is 0. The lowest BCUT2D eigenvalue weighted by Gasteiger charge is -2.07. The standard InChI is InChI=1S/C15H11BN2O2/c19-16(20)12-8-13-14(10-5-2-1-4-9(10)12)11-6-3-7-17-15(11)18-13/h1-8,19-20H,(H,17,18). The number of hydrogen-bond donors (Lipinski definition) is 3. The van der Waals surface area contributed by atoms with E-state index < -0.39 is 7.12 Å². The monoisotopic (exact) mass is 262 g/mol. The Kier molecular flexibility index (Phi) is 2.33. The van der Waals surface area contributed by atoms with Gasteiger partial charge in [0.1, 0.15) is 5.65 Å². The highest BCUT2D eigenvalue weighted by Gasteiger charge is 2.18. The number of nitrogens with one attached hydrogen (secondary N) is 1. The number of H-pyrrole nitrogens is 1. The van der Waals surface area contributed by atoms with E-state index in [0.29, 0.717) is 5.46 Å². The van der Waals surface area contributed by atoms with Crippen molar-refractivity contribution in [3.63, 3.8) is 0 Å². The second-order valence-corrected chi connectivity index (χ2v) is 4.83. The molecule has 4 aromatic rings. The van der Waals surface area contributed by atoms with Crippen LogP contribution in [0.25, 0.3) is 32.7 Å². The van der Waals surface area contributed by atoms with E-state index in [2.05, 4.69) is 9.97 Å². The van der Waals surface area contributed by atoms with Gasteiger partial charge < -0.3 is 15.0 Å². The van der Waals surface area contributed by atoms with Crippen molar-refractivity contribution in [1.82, 2.24) is 9.97 Å². The van der Waals surface area contributed by atoms with Crippen LogP contribution in [0, 0.1) is 0 Å². The zero-order valence-electron chi connectivity index (χ0n) is 10.5. The maximum absolute atomic E-state index is 9.58. The molecule has 0 saturated heterocycles. The zero-order chi connectivity index (χ0) is 13.7. The first-order valence-corrected chi connectivity index (χ1v) is 6.40. The van der Waals surface area contributed by atoms with Crippen LogP contribution in [-0.2, 0) is 0 Å². The Balaban J connectivity index is 2.31. The predicted octanol–water partition coefficient (Wildman–Crippen LogP) is 1.55. The first kappa shape index (κ1) is 11.5. The molecule has 0 aliphatic carbocycles. The van der Waals surface area contributed by atoms with E-state index in [-0.39, 0.29) is 0 Å². The van der Waals surface area contributed by atoms with Crippen LogP contribution in [0.5, 0.6) is 0 Å². The molecule has 0 radical (unpaired) electrons. The molecule has 20 heavy (non-hydrogen) atoms. The number of benzene rings is 2. The molecular weight excluding hydrogens is 251 g/mol. The molecule has 0 amide bonds. The van der Waals surface area contributed by atoms with Crippen molar-refractivity contribution in [2.75, 3.05) is 0 Å². The summed E-state index contributed by atoms with van der Waals surface area (Å²) in [5.41, 5.74) is 2.16. The van der Waals surface area contributed by atoms with Crippen LogP contribution in [0.3, 0.4) is 0 Å². The number of fused-ring (bicyclic) bond motifs is 5. The molecule has 0 spiro atoms. The van der Waals surface area contributed by atoms with Gasteiger partial charge in [0.25, 0.3) is 0 Å². The second-order valence-electron chi connectivity index (χ2n) is 4.83. The van der Waals surface area contributed by atoms with E-state index in [4.69, 9.17) is 0 Å². The van der Waals surface area contributed by atoms with Gasteiger partial charge in [-0.2, -0.15) is 0 Å². The van der Waals surface area contributed by atoms with Gasteiger partial charge >= 0.3 is 7.12 Å². The summed E-state index contributed by atoms with van der Waals surface area (Å²) in [6.45, 7) is 0. The molecule has 0 atom stereocenters. The van der Waals surface area contributed by atoms with Crippen molar-refractivity contribution in [3.8, 4) is 0 Å². The average Bonchev–Trinajstić information content (AvgIpc) is 2.84. The number of pyridine rings is 1. The minimum atomic E-state index is -1.50. The van der Waals surface area contributed by atoms with Crippen molar-refractivity contribution in [2.45, 2.75) is 0 Å². The van der Waals surface area contributed by atoms with Crippen LogP contribution >= 0.6 is 0 Å². The highest BCUT2D eigenvalue weighted by molar-refractivity contribution is 6.62. The van der Waals surface area contributed by atoms with Gasteiger partial charge in [0.05, 0.1) is 0 Å². The average molecular weight is 262 g/mol. The summed E-state index contributed by atoms with van der Waals surface area (Å²) < 4.78 is 0. The topological polar surface area (TPSA) is 69.1 Å². The molecule has 0 saturated carbocycles. The Morgan fingerprint density at radius 2 is 1.70 bits per heavy atom. The largest absolute Gasteiger partial charge is 0.489 e. The Morgan fingerprint density at radius 3 is 2.50 bits per heavy atom. The van der Waals surface area contributed by atoms with E-state index in [0.717, 1.165) is 32.7 Å². The molecule has 0 unspecified atom stereocenters. The fourth-order valence-electron chi connectivity index (χ4n) is 2.84. The predicted molar refractivity (Wildman–Crippen MR) is 80.9 cm³/mol. The smallest absolute Gasteiger partial charge is 0.423 e. The van der Waals surface area contributed by atoms with E-state index in [9.17, 15) is 10.0 Å². The highest BCUT2D eigenvalue weighted by Crippen LogP contribution is 2.30. The first-order valence-electron chi connectivity index (χ1n) is 6.40. The van der Waals surface area contributed by atoms with Gasteiger partial charge in [0.2, 0.25) is 0 Å². The minimum absolute atomic E-state index is 0.500. The summed E-state index contributed by atoms with van der Waals surface area (Å²) in [6.07, 6.45) is 1.74. The number of aromatic nitrogens is 2. The van der Waals surface area contributed by atoms with E-state index in [1.165, 1.54) is 0 Å². The molecule has 0 aliphatic rings. The minimum Gasteiger partial charge on any atom is -0.423 e. The van der Waals surface area contributed by atoms with E-state index in [1.54, 1.807) is 12.3 Å². The van der Waals surface area contributed by atoms with Crippen LogP contribution in [-0.4, -0.2) is 27.1 Å². The molecule has 3 N–H and O–H groups in total. The quantitative estimate of drug-likeness (QED) is 0.456. The molecular formula is C15H11BN2O2. The van der Waals surface area contributed by atoms with Crippen LogP contribution in [0.15, 0.2) is 48.7 Å². The zero-order valence-corrected chi connectivity index (χ0v) is 10.5. The Morgan fingerprint density at radius 1 is 0.950 bits per heavy atom. The number of hydrogen-bond acceptors (Lipinski definition) is 3. The van der Waals surface area contributed by atoms with Gasteiger partial charge in [-0.05, 0) is 34.4 Å². The highest BCUT2D eigenvalue weighted by atomic mass is 16.4. The third-order valence-corrected chi connectivity index (χ3v) is 3.68. The van der Waals surface area contributed by atoms with E-state index in [1.807, 2.05) is 36.4 Å². The maximum Gasteiger partial charge on any atom is 0.489 e. The molecule has 0 bridgehead atoms. The van der Waals surface area contributed by atoms with Crippen LogP contribution in [0.1, 0.15) is 0 Å². The lowest BCUT2D eigenvalue weighted by molar-refractivity contribution is 0.426. The van der Waals surface area contributed by atoms with Gasteiger partial charge in [0, 0.05) is 22.5 Å². The van der Waals surface area contributed by atoms with Crippen LogP contribution in [0.2, 0.25) is 0 Å². The molecule has 5 heteroatoms. The van der Waals surface area contributed by atoms with Crippen molar-refractivity contribution >= 4 is 45.3 Å². The summed E-state index contributed by atoms with van der Waals surface area (Å²) in [7, 11) is -1.50. The van der Waals surface area contributed by atoms with Gasteiger partial charge in [-0.25, -0.2) is 4.98 Å². The normalized spacial score (nSPS) is 11.5. The fraction of sp³-hybridized carbons (Fsp3) is 0. The summed E-state index contributed by atoms with van der Waals surface area (Å²) in [4.78, 5) is 7.55. The van der Waals surface area contributed by atoms with E-state index >= 15 is 0 Å². The number of aromatic amines is 1. The van der Waals surface area contributed by atoms with Gasteiger partial charge in [0.15, 0.2) is 0 Å². The van der Waals surface area contributed by atoms with Crippen molar-refractivity contribution in [1.29, 1.82) is 0 Å². The third-order valence-electron chi connectivity index (χ3n) is 3.68. The molecule has 2 heterocycles. The van der Waals surface area contributed by atoms with Crippen molar-refractivity contribution in [2.24, 2.45) is 0 Å². The second kappa shape index (κ2) is 4.06. The summed E-state index contributed by atoms with van der Waals surface area (Å²) in [5, 5.41) is 23.1. The molecule has 2 aromatic carbocycles. The number of rotatable bonds is 1. The SMILES string of the molecule is OB(O)c1cc2[nH]c3ncccc3c2c2ccccc12. The molecule has 96 valence electrons. The van der Waals surface area contributed by atoms with Crippen LogP contribution in [0.4, 0.5) is 0 Å². The van der Waals surface area contributed by atoms with Crippen molar-refractivity contribution < 1.29 is 10.0 Å². The third kappa shape index (κ3) is 1.48. The Hall–Kier alpha value is -2.37. The summed E-state index contributed by atoms with van der Waals surface area (Å²) in [6, 6.07) is 13.4. The molecule has 0 aliphatic heterocycles. The first-order chi connectivity index (χ1) is 9.75. The molecule has 4 rings (SSSR count). The molecule has 4 nitrogen and oxygen atoms in total. The lowest BCUT2D eigenvalue weighted by Crippen LogP contribution is -2.30. The summed E-state index contributed by atoms with van der Waals surface area (Å²) in [5.74, 6) is 0. The fourth-order valence-corrected chi connectivity index (χ4v) is 2.84. The van der Waals surface area contributed by atoms with Gasteiger partial charge in [-0.1, -0.05) is 24.3 Å². The maximum atomic E-state index is 9.58. The Bertz CT molecular complexity index is 946.